The summed E-state index contributed by atoms with van der Waals surface area (Å²) in [6.07, 6.45) is 4.19. The molecule has 0 aromatic heterocycles. The third kappa shape index (κ3) is 11.9. The highest BCUT2D eigenvalue weighted by molar-refractivity contribution is 5.93. The van der Waals surface area contributed by atoms with Gasteiger partial charge in [0.1, 0.15) is 24.2 Å². The van der Waals surface area contributed by atoms with E-state index in [4.69, 9.17) is 9.47 Å². The monoisotopic (exact) mass is 581 g/mol. The highest BCUT2D eigenvalue weighted by Crippen LogP contribution is 2.25. The fraction of sp³-hybridized carbons (Fsp3) is 0.515. The Morgan fingerprint density at radius 3 is 2.24 bits per heavy atom. The van der Waals surface area contributed by atoms with Crippen LogP contribution in [0.25, 0.3) is 0 Å². The maximum Gasteiger partial charge on any atom is 0.408 e. The summed E-state index contributed by atoms with van der Waals surface area (Å²) in [5, 5.41) is 5.41. The minimum Gasteiger partial charge on any atom is -0.468 e. The Labute approximate surface area is 250 Å². The maximum atomic E-state index is 14.5. The van der Waals surface area contributed by atoms with E-state index < -0.39 is 41.6 Å². The van der Waals surface area contributed by atoms with Crippen LogP contribution in [-0.4, -0.2) is 60.6 Å². The number of methoxy groups -OCH3 is 1. The van der Waals surface area contributed by atoms with E-state index in [-0.39, 0.29) is 19.5 Å². The summed E-state index contributed by atoms with van der Waals surface area (Å²) >= 11 is 0. The van der Waals surface area contributed by atoms with Crippen LogP contribution in [0.4, 0.5) is 4.79 Å². The van der Waals surface area contributed by atoms with Crippen LogP contribution in [0.1, 0.15) is 82.5 Å². The van der Waals surface area contributed by atoms with Gasteiger partial charge in [-0.3, -0.25) is 14.4 Å². The molecule has 2 N–H and O–H groups in total. The molecule has 0 heterocycles. The van der Waals surface area contributed by atoms with E-state index in [2.05, 4.69) is 17.6 Å². The molecule has 0 saturated heterocycles. The molecule has 0 saturated carbocycles. The number of nitrogens with one attached hydrogen (secondary N) is 2. The first-order valence-corrected chi connectivity index (χ1v) is 14.7. The lowest BCUT2D eigenvalue weighted by molar-refractivity contribution is -0.144. The summed E-state index contributed by atoms with van der Waals surface area (Å²) in [6, 6.07) is 14.7. The number of alkyl carbamates (subject to hydrolysis) is 1. The Hall–Kier alpha value is -3.88. The van der Waals surface area contributed by atoms with Gasteiger partial charge >= 0.3 is 12.1 Å². The highest BCUT2D eigenvalue weighted by Gasteiger charge is 2.36. The van der Waals surface area contributed by atoms with Crippen LogP contribution in [0, 0.1) is 6.92 Å². The van der Waals surface area contributed by atoms with E-state index in [0.29, 0.717) is 12.0 Å². The zero-order chi connectivity index (χ0) is 31.1. The highest BCUT2D eigenvalue weighted by atomic mass is 16.6. The van der Waals surface area contributed by atoms with Gasteiger partial charge in [-0.25, -0.2) is 4.79 Å². The molecule has 2 unspecified atom stereocenters. The van der Waals surface area contributed by atoms with Gasteiger partial charge in [0.05, 0.1) is 7.11 Å². The van der Waals surface area contributed by atoms with Gasteiger partial charge in [0, 0.05) is 13.0 Å². The lowest BCUT2D eigenvalue weighted by Crippen LogP contribution is -2.54. The first-order valence-electron chi connectivity index (χ1n) is 14.7. The Kier molecular flexibility index (Phi) is 14.0. The summed E-state index contributed by atoms with van der Waals surface area (Å²) < 4.78 is 10.2. The van der Waals surface area contributed by atoms with Crippen molar-refractivity contribution in [1.82, 2.24) is 15.5 Å². The second kappa shape index (κ2) is 17.2. The average Bonchev–Trinajstić information content (AvgIpc) is 2.94. The average molecular weight is 582 g/mol. The SMILES string of the molecule is CCCCCCCN(C(=O)C(Cc1ccccc1)NC(=O)OC(C)(C)C)C(C(=O)NCC(=O)OC)c1cccc(C)c1. The lowest BCUT2D eigenvalue weighted by atomic mass is 9.98. The fourth-order valence-corrected chi connectivity index (χ4v) is 4.59. The van der Waals surface area contributed by atoms with Crippen molar-refractivity contribution < 1.29 is 28.7 Å². The van der Waals surface area contributed by atoms with Crippen LogP contribution in [0.2, 0.25) is 0 Å². The summed E-state index contributed by atoms with van der Waals surface area (Å²) in [7, 11) is 1.25. The Bertz CT molecular complexity index is 1160. The van der Waals surface area contributed by atoms with Gasteiger partial charge in [-0.15, -0.1) is 0 Å². The van der Waals surface area contributed by atoms with E-state index in [9.17, 15) is 19.2 Å². The molecular formula is C33H47N3O6. The van der Waals surface area contributed by atoms with E-state index >= 15 is 0 Å². The topological polar surface area (TPSA) is 114 Å². The molecule has 0 aliphatic carbocycles. The van der Waals surface area contributed by atoms with Crippen LogP contribution >= 0.6 is 0 Å². The number of ether oxygens (including phenoxy) is 2. The van der Waals surface area contributed by atoms with Crippen molar-refractivity contribution in [2.24, 2.45) is 0 Å². The second-order valence-electron chi connectivity index (χ2n) is 11.4. The third-order valence-electron chi connectivity index (χ3n) is 6.61. The number of unbranched alkanes of at least 4 members (excludes halogenated alkanes) is 4. The smallest absolute Gasteiger partial charge is 0.408 e. The predicted octanol–water partition coefficient (Wildman–Crippen LogP) is 5.26. The molecule has 0 spiro atoms. The molecule has 2 aromatic carbocycles. The van der Waals surface area contributed by atoms with Gasteiger partial charge < -0.3 is 25.0 Å². The summed E-state index contributed by atoms with van der Waals surface area (Å²) in [5.74, 6) is -1.53. The van der Waals surface area contributed by atoms with Crippen LogP contribution in [-0.2, 0) is 30.3 Å². The molecular weight excluding hydrogens is 534 g/mol. The number of esters is 1. The molecule has 230 valence electrons. The Morgan fingerprint density at radius 1 is 0.929 bits per heavy atom. The van der Waals surface area contributed by atoms with Gasteiger partial charge in [0.15, 0.2) is 0 Å². The fourth-order valence-electron chi connectivity index (χ4n) is 4.59. The van der Waals surface area contributed by atoms with Gasteiger partial charge in [-0.05, 0) is 45.2 Å². The van der Waals surface area contributed by atoms with Gasteiger partial charge in [-0.2, -0.15) is 0 Å². The summed E-state index contributed by atoms with van der Waals surface area (Å²) in [5.41, 5.74) is 1.61. The normalized spacial score (nSPS) is 12.5. The lowest BCUT2D eigenvalue weighted by Gasteiger charge is -2.34. The van der Waals surface area contributed by atoms with E-state index in [1.54, 1.807) is 26.8 Å². The number of hydrogen-bond donors (Lipinski definition) is 2. The summed E-state index contributed by atoms with van der Waals surface area (Å²) in [6.45, 7) is 9.25. The van der Waals surface area contributed by atoms with E-state index in [0.717, 1.165) is 36.8 Å². The minimum absolute atomic E-state index is 0.204. The van der Waals surface area contributed by atoms with Crippen molar-refractivity contribution in [2.45, 2.75) is 90.8 Å². The molecule has 3 amide bonds. The van der Waals surface area contributed by atoms with E-state index in [1.165, 1.54) is 12.0 Å². The largest absolute Gasteiger partial charge is 0.468 e. The predicted molar refractivity (Wildman–Crippen MR) is 163 cm³/mol. The zero-order valence-electron chi connectivity index (χ0n) is 25.9. The van der Waals surface area contributed by atoms with Crippen LogP contribution in [0.15, 0.2) is 54.6 Å². The quantitative estimate of drug-likeness (QED) is 0.219. The molecule has 0 radical (unpaired) electrons. The molecule has 0 aliphatic rings. The zero-order valence-corrected chi connectivity index (χ0v) is 25.9. The van der Waals surface area contributed by atoms with Crippen molar-refractivity contribution in [3.05, 3.63) is 71.3 Å². The van der Waals surface area contributed by atoms with Crippen molar-refractivity contribution in [1.29, 1.82) is 0 Å². The number of benzene rings is 2. The molecule has 9 nitrogen and oxygen atoms in total. The van der Waals surface area contributed by atoms with Crippen molar-refractivity contribution in [2.75, 3.05) is 20.2 Å². The minimum atomic E-state index is -1.04. The number of carbonyl (C=O) groups is 4. The molecule has 2 rings (SSSR count). The van der Waals surface area contributed by atoms with Gasteiger partial charge in [0.25, 0.3) is 0 Å². The molecule has 0 fully saturated rings. The van der Waals surface area contributed by atoms with Crippen LogP contribution < -0.4 is 10.6 Å². The van der Waals surface area contributed by atoms with Crippen molar-refractivity contribution >= 4 is 23.9 Å². The van der Waals surface area contributed by atoms with E-state index in [1.807, 2.05) is 55.5 Å². The molecule has 0 bridgehead atoms. The standard InChI is InChI=1S/C33H47N3O6/c1-7-8-9-10-14-20-36(29(26-19-15-16-24(2)21-26)30(38)34-23-28(37)41-6)31(39)27(22-25-17-12-11-13-18-25)35-32(40)42-33(3,4)5/h11-13,15-19,21,27,29H,7-10,14,20,22-23H2,1-6H3,(H,34,38)(H,35,40). The number of hydrogen-bond acceptors (Lipinski definition) is 6. The molecule has 9 heteroatoms. The first-order chi connectivity index (χ1) is 19.9. The first kappa shape index (κ1) is 34.3. The summed E-state index contributed by atoms with van der Waals surface area (Å²) in [4.78, 5) is 54.5. The molecule has 2 atom stereocenters. The van der Waals surface area contributed by atoms with Crippen molar-refractivity contribution in [3.63, 3.8) is 0 Å². The number of amides is 3. The third-order valence-corrected chi connectivity index (χ3v) is 6.61. The maximum absolute atomic E-state index is 14.5. The van der Waals surface area contributed by atoms with Gasteiger partial charge in [0.2, 0.25) is 11.8 Å². The van der Waals surface area contributed by atoms with Crippen LogP contribution in [0.5, 0.6) is 0 Å². The number of nitrogens with zero attached hydrogens (tertiary/aromatic N) is 1. The Balaban J connectivity index is 2.53. The molecule has 2 aromatic rings. The Morgan fingerprint density at radius 2 is 1.62 bits per heavy atom. The van der Waals surface area contributed by atoms with Crippen LogP contribution in [0.3, 0.4) is 0 Å². The van der Waals surface area contributed by atoms with Gasteiger partial charge in [-0.1, -0.05) is 92.8 Å². The van der Waals surface area contributed by atoms with Crippen molar-refractivity contribution in [3.8, 4) is 0 Å². The number of aryl methyl sites for hydroxylation is 1. The number of rotatable bonds is 15. The molecule has 0 aliphatic heterocycles. The second-order valence-corrected chi connectivity index (χ2v) is 11.4. The molecule has 42 heavy (non-hydrogen) atoms. The number of carbonyl (C=O) groups excluding carboxylic acids is 4.